The second-order valence-corrected chi connectivity index (χ2v) is 3.13. The minimum Gasteiger partial charge on any atom is -0.326 e. The Morgan fingerprint density at radius 2 is 2.00 bits per heavy atom. The molecule has 0 bridgehead atoms. The molecule has 0 aromatic heterocycles. The fourth-order valence-electron chi connectivity index (χ4n) is 0.0762. The van der Waals surface area contributed by atoms with Gasteiger partial charge in [-0.3, -0.25) is 9.09 Å². The van der Waals surface area contributed by atoms with E-state index < -0.39 is 13.5 Å². The second kappa shape index (κ2) is 10.6. The van der Waals surface area contributed by atoms with Gasteiger partial charge in [0.2, 0.25) is 0 Å². The Hall–Kier alpha value is 0.560. The summed E-state index contributed by atoms with van der Waals surface area (Å²) in [7, 11) is -3.11. The highest BCUT2D eigenvalue weighted by Crippen LogP contribution is 2.21. The lowest BCUT2D eigenvalue weighted by Crippen LogP contribution is -1.84. The van der Waals surface area contributed by atoms with Crippen LogP contribution in [0, 0.1) is 0 Å². The van der Waals surface area contributed by atoms with Gasteiger partial charge in [0.1, 0.15) is 0 Å². The van der Waals surface area contributed by atoms with Gasteiger partial charge in [-0.25, -0.2) is 4.39 Å². The largest absolute Gasteiger partial charge is 0.326 e. The van der Waals surface area contributed by atoms with Gasteiger partial charge in [0.15, 0.2) is 0 Å². The van der Waals surface area contributed by atoms with Crippen LogP contribution in [-0.2, 0) is 9.09 Å². The van der Waals surface area contributed by atoms with E-state index in [1.54, 1.807) is 0 Å². The summed E-state index contributed by atoms with van der Waals surface area (Å²) in [4.78, 5) is 7.78. The molecule has 0 aromatic carbocycles. The van der Waals surface area contributed by atoms with Crippen LogP contribution in [0.4, 0.5) is 4.39 Å². The van der Waals surface area contributed by atoms with Crippen molar-refractivity contribution in [2.75, 3.05) is 0 Å². The van der Waals surface area contributed by atoms with E-state index in [1.165, 1.54) is 12.8 Å². The Bertz CT molecular complexity index is 99.7. The molecule has 0 aliphatic rings. The van der Waals surface area contributed by atoms with Gasteiger partial charge in [-0.05, 0) is 15.9 Å². The molecule has 1 N–H and O–H groups in total. The maximum atomic E-state index is 11.3. The lowest BCUT2D eigenvalue weighted by molar-refractivity contribution is 0.153. The zero-order valence-electron chi connectivity index (χ0n) is 6.51. The van der Waals surface area contributed by atoms with E-state index in [4.69, 9.17) is 4.89 Å². The molecule has 0 spiro atoms. The first kappa shape index (κ1) is 14.1. The van der Waals surface area contributed by atoms with Crippen LogP contribution in [0.25, 0.3) is 0 Å². The number of halogens is 2. The van der Waals surface area contributed by atoms with Crippen molar-refractivity contribution in [3.05, 3.63) is 0 Å². The van der Waals surface area contributed by atoms with E-state index in [0.717, 1.165) is 0 Å². The van der Waals surface area contributed by atoms with Crippen LogP contribution in [0.5, 0.6) is 0 Å². The Morgan fingerprint density at radius 1 is 1.64 bits per heavy atom. The summed E-state index contributed by atoms with van der Waals surface area (Å²) in [6, 6.07) is 0. The molecule has 6 heteroatoms. The summed E-state index contributed by atoms with van der Waals surface area (Å²) in [6.45, 7) is 4.36. The van der Waals surface area contributed by atoms with E-state index in [9.17, 15) is 8.96 Å². The molecule has 0 aliphatic carbocycles. The summed E-state index contributed by atoms with van der Waals surface area (Å²) in [5.41, 5.74) is 0. The SMILES string of the molecule is CCCC.O=[PH](O)OC(F)Br. The van der Waals surface area contributed by atoms with Crippen molar-refractivity contribution >= 4 is 24.2 Å². The zero-order valence-corrected chi connectivity index (χ0v) is 9.10. The molecule has 0 heterocycles. The molecule has 0 rings (SSSR count). The van der Waals surface area contributed by atoms with Crippen LogP contribution >= 0.6 is 24.2 Å². The van der Waals surface area contributed by atoms with E-state index in [0.29, 0.717) is 0 Å². The maximum Gasteiger partial charge on any atom is 0.319 e. The van der Waals surface area contributed by atoms with Crippen molar-refractivity contribution in [2.45, 2.75) is 32.0 Å². The normalized spacial score (nSPS) is 14.6. The molecule has 2 atom stereocenters. The third-order valence-corrected chi connectivity index (χ3v) is 1.63. The molecule has 0 amide bonds. The first-order valence-electron chi connectivity index (χ1n) is 3.22. The molecule has 0 radical (unpaired) electrons. The highest BCUT2D eigenvalue weighted by molar-refractivity contribution is 9.09. The van der Waals surface area contributed by atoms with Crippen LogP contribution in [0.3, 0.4) is 0 Å². The van der Waals surface area contributed by atoms with Crippen molar-refractivity contribution in [1.82, 2.24) is 0 Å². The van der Waals surface area contributed by atoms with E-state index in [2.05, 4.69) is 34.3 Å². The number of alkyl halides is 2. The Balaban J connectivity index is 0. The topological polar surface area (TPSA) is 46.5 Å². The Labute approximate surface area is 75.0 Å². The lowest BCUT2D eigenvalue weighted by Gasteiger charge is -1.93. The van der Waals surface area contributed by atoms with E-state index in [-0.39, 0.29) is 0 Å². The fraction of sp³-hybridized carbons (Fsp3) is 1.00. The Kier molecular flexibility index (Phi) is 13.5. The van der Waals surface area contributed by atoms with Crippen molar-refractivity contribution in [3.63, 3.8) is 0 Å². The minimum absolute atomic E-state index is 1.32. The predicted molar refractivity (Wildman–Crippen MR) is 46.7 cm³/mol. The predicted octanol–water partition coefficient (Wildman–Crippen LogP) is 2.84. The summed E-state index contributed by atoms with van der Waals surface area (Å²) < 4.78 is 24.4. The summed E-state index contributed by atoms with van der Waals surface area (Å²) in [5.74, 6) is 0. The highest BCUT2D eigenvalue weighted by atomic mass is 79.9. The van der Waals surface area contributed by atoms with Crippen LogP contribution < -0.4 is 0 Å². The molecule has 0 aliphatic heterocycles. The van der Waals surface area contributed by atoms with Crippen molar-refractivity contribution in [3.8, 4) is 0 Å². The lowest BCUT2D eigenvalue weighted by atomic mass is 10.4. The summed E-state index contributed by atoms with van der Waals surface area (Å²) in [6.07, 6.45) is 2.64. The molecule has 0 aromatic rings. The molecule has 11 heavy (non-hydrogen) atoms. The van der Waals surface area contributed by atoms with Gasteiger partial charge < -0.3 is 4.89 Å². The van der Waals surface area contributed by atoms with E-state index in [1.807, 2.05) is 0 Å². The van der Waals surface area contributed by atoms with Gasteiger partial charge in [0.05, 0.1) is 0 Å². The molecule has 0 saturated heterocycles. The highest BCUT2D eigenvalue weighted by Gasteiger charge is 2.00. The third kappa shape index (κ3) is 25.0. The smallest absolute Gasteiger partial charge is 0.319 e. The van der Waals surface area contributed by atoms with Gasteiger partial charge in [-0.2, -0.15) is 0 Å². The van der Waals surface area contributed by atoms with Crippen LogP contribution in [0.2, 0.25) is 0 Å². The van der Waals surface area contributed by atoms with Gasteiger partial charge in [-0.15, -0.1) is 0 Å². The summed E-state index contributed by atoms with van der Waals surface area (Å²) >= 11 is 2.25. The van der Waals surface area contributed by atoms with Crippen molar-refractivity contribution in [1.29, 1.82) is 0 Å². The number of unbranched alkanes of at least 4 members (excludes halogenated alkanes) is 1. The van der Waals surface area contributed by atoms with Gasteiger partial charge in [0, 0.05) is 0 Å². The standard InChI is InChI=1S/C4H10.CH3BrFO3P/c1-3-4-2;2-1(3)6-7(4)5/h3-4H2,1-2H3;1,7H,(H,4,5). The molecule has 2 unspecified atom stereocenters. The first-order valence-corrected chi connectivity index (χ1v) is 5.40. The number of hydrogen-bond acceptors (Lipinski definition) is 2. The molecule has 3 nitrogen and oxygen atoms in total. The second-order valence-electron chi connectivity index (χ2n) is 1.64. The van der Waals surface area contributed by atoms with Crippen LogP contribution in [0.1, 0.15) is 26.7 Å². The quantitative estimate of drug-likeness (QED) is 0.619. The average molecular weight is 251 g/mol. The molecule has 70 valence electrons. The van der Waals surface area contributed by atoms with Crippen LogP contribution in [-0.4, -0.2) is 10.2 Å². The maximum absolute atomic E-state index is 11.3. The van der Waals surface area contributed by atoms with E-state index >= 15 is 0 Å². The van der Waals surface area contributed by atoms with Crippen molar-refractivity contribution in [2.24, 2.45) is 0 Å². The average Bonchev–Trinajstić information content (AvgIpc) is 1.85. The van der Waals surface area contributed by atoms with Crippen LogP contribution in [0.15, 0.2) is 0 Å². The van der Waals surface area contributed by atoms with Gasteiger partial charge in [0.25, 0.3) is 5.27 Å². The Morgan fingerprint density at radius 3 is 2.00 bits per heavy atom. The molecular formula is C5H13BrFO3P. The zero-order chi connectivity index (χ0) is 9.28. The van der Waals surface area contributed by atoms with Gasteiger partial charge in [-0.1, -0.05) is 26.7 Å². The minimum atomic E-state index is -3.11. The monoisotopic (exact) mass is 250 g/mol. The molecular weight excluding hydrogens is 238 g/mol. The third-order valence-electron chi connectivity index (χ3n) is 0.690. The van der Waals surface area contributed by atoms with Gasteiger partial charge >= 0.3 is 8.25 Å². The molecule has 0 fully saturated rings. The summed E-state index contributed by atoms with van der Waals surface area (Å²) in [5, 5.41) is -1.83. The first-order chi connectivity index (χ1) is 5.04. The molecule has 0 saturated carbocycles. The van der Waals surface area contributed by atoms with Crippen molar-refractivity contribution < 1.29 is 18.4 Å². The number of rotatable bonds is 3. The fourth-order valence-corrected chi connectivity index (χ4v) is 0.708. The number of hydrogen-bond donors (Lipinski definition) is 1.